The Morgan fingerprint density at radius 3 is 2.86 bits per heavy atom. The largest absolute Gasteiger partial charge is 0.396 e. The molecule has 0 saturated heterocycles. The molecule has 0 bridgehead atoms. The fourth-order valence-electron chi connectivity index (χ4n) is 1.94. The highest BCUT2D eigenvalue weighted by atomic mass is 32.1. The Kier molecular flexibility index (Phi) is 3.31. The number of aromatic nitrogens is 1. The normalized spacial score (nSPS) is 10.8. The average Bonchev–Trinajstić information content (AvgIpc) is 2.83. The van der Waals surface area contributed by atoms with Gasteiger partial charge in [0.1, 0.15) is 5.82 Å². The quantitative estimate of drug-likeness (QED) is 0.711. The van der Waals surface area contributed by atoms with Crippen molar-refractivity contribution in [3.05, 3.63) is 53.3 Å². The van der Waals surface area contributed by atoms with Crippen molar-refractivity contribution >= 4 is 38.3 Å². The van der Waals surface area contributed by atoms with Crippen LogP contribution >= 0.6 is 11.3 Å². The topological polar surface area (TPSA) is 68.0 Å². The highest BCUT2D eigenvalue weighted by molar-refractivity contribution is 7.22. The molecule has 1 heterocycles. The lowest BCUT2D eigenvalue weighted by Gasteiger charge is -2.03. The molecule has 3 N–H and O–H groups in total. The number of halogens is 1. The molecule has 0 aliphatic rings. The van der Waals surface area contributed by atoms with Gasteiger partial charge in [0.15, 0.2) is 5.13 Å². The average molecular weight is 301 g/mol. The number of benzene rings is 2. The third-order valence-electron chi connectivity index (χ3n) is 3.02. The zero-order valence-corrected chi connectivity index (χ0v) is 12.0. The second-order valence-corrected chi connectivity index (χ2v) is 5.71. The lowest BCUT2D eigenvalue weighted by molar-refractivity contribution is 0.102. The predicted molar refractivity (Wildman–Crippen MR) is 83.1 cm³/mol. The summed E-state index contributed by atoms with van der Waals surface area (Å²) in [6, 6.07) is 9.76. The molecule has 0 atom stereocenters. The number of nitrogens with one attached hydrogen (secondary N) is 1. The van der Waals surface area contributed by atoms with Crippen LogP contribution in [0.5, 0.6) is 0 Å². The van der Waals surface area contributed by atoms with E-state index in [-0.39, 0.29) is 11.6 Å². The molecule has 6 heteroatoms. The van der Waals surface area contributed by atoms with E-state index >= 15 is 0 Å². The number of carbonyl (C=O) groups excluding carboxylic acids is 1. The van der Waals surface area contributed by atoms with Crippen molar-refractivity contribution in [1.29, 1.82) is 0 Å². The van der Waals surface area contributed by atoms with Crippen LogP contribution in [0, 0.1) is 12.7 Å². The van der Waals surface area contributed by atoms with Crippen LogP contribution in [0.15, 0.2) is 36.4 Å². The molecule has 21 heavy (non-hydrogen) atoms. The van der Waals surface area contributed by atoms with E-state index in [9.17, 15) is 9.18 Å². The van der Waals surface area contributed by atoms with Crippen LogP contribution in [0.3, 0.4) is 0 Å². The van der Waals surface area contributed by atoms with E-state index in [1.165, 1.54) is 29.5 Å². The lowest BCUT2D eigenvalue weighted by Crippen LogP contribution is -2.12. The number of anilines is 2. The number of rotatable bonds is 2. The monoisotopic (exact) mass is 301 g/mol. The van der Waals surface area contributed by atoms with E-state index in [0.29, 0.717) is 10.7 Å². The minimum atomic E-state index is -0.540. The molecule has 1 amide bonds. The van der Waals surface area contributed by atoms with E-state index in [1.54, 1.807) is 0 Å². The summed E-state index contributed by atoms with van der Waals surface area (Å²) in [6.45, 7) is 2.00. The molecule has 106 valence electrons. The molecule has 0 aliphatic carbocycles. The molecule has 4 nitrogen and oxygen atoms in total. The summed E-state index contributed by atoms with van der Waals surface area (Å²) in [5, 5.41) is 3.21. The molecule has 0 unspecified atom stereocenters. The van der Waals surface area contributed by atoms with Crippen molar-refractivity contribution < 1.29 is 9.18 Å². The molecular formula is C15H12FN3OS. The number of nitrogen functional groups attached to an aromatic ring is 1. The van der Waals surface area contributed by atoms with Crippen molar-refractivity contribution in [1.82, 2.24) is 4.98 Å². The summed E-state index contributed by atoms with van der Waals surface area (Å²) in [7, 11) is 0. The van der Waals surface area contributed by atoms with Gasteiger partial charge < -0.3 is 5.73 Å². The molecule has 0 spiro atoms. The number of carbonyl (C=O) groups is 1. The molecular weight excluding hydrogens is 289 g/mol. The fourth-order valence-corrected chi connectivity index (χ4v) is 2.90. The zero-order chi connectivity index (χ0) is 15.0. The van der Waals surface area contributed by atoms with Gasteiger partial charge >= 0.3 is 0 Å². The van der Waals surface area contributed by atoms with Crippen molar-refractivity contribution in [2.24, 2.45) is 0 Å². The summed E-state index contributed by atoms with van der Waals surface area (Å²) < 4.78 is 14.1. The Balaban J connectivity index is 1.87. The summed E-state index contributed by atoms with van der Waals surface area (Å²) in [5.74, 6) is -0.903. The van der Waals surface area contributed by atoms with Crippen molar-refractivity contribution in [3.63, 3.8) is 0 Å². The highest BCUT2D eigenvalue weighted by Gasteiger charge is 2.11. The van der Waals surface area contributed by atoms with Gasteiger partial charge in [-0.1, -0.05) is 17.4 Å². The third kappa shape index (κ3) is 2.71. The van der Waals surface area contributed by atoms with Crippen LogP contribution in [0.1, 0.15) is 15.9 Å². The van der Waals surface area contributed by atoms with Gasteiger partial charge in [-0.3, -0.25) is 10.1 Å². The summed E-state index contributed by atoms with van der Waals surface area (Å²) in [6.07, 6.45) is 0. The van der Waals surface area contributed by atoms with E-state index in [4.69, 9.17) is 5.73 Å². The standard InChI is InChI=1S/C15H12FN3OS/c1-8-2-5-12-13(6-8)21-15(18-12)19-14(20)9-3-4-10(16)11(17)7-9/h2-7H,17H2,1H3,(H,18,19,20). The first-order valence-electron chi connectivity index (χ1n) is 6.26. The summed E-state index contributed by atoms with van der Waals surface area (Å²) in [4.78, 5) is 16.4. The van der Waals surface area contributed by atoms with Gasteiger partial charge in [0.2, 0.25) is 0 Å². The second-order valence-electron chi connectivity index (χ2n) is 4.68. The molecule has 3 rings (SSSR count). The van der Waals surface area contributed by atoms with Gasteiger partial charge in [-0.05, 0) is 42.8 Å². The summed E-state index contributed by atoms with van der Waals surface area (Å²) in [5.41, 5.74) is 7.67. The first-order valence-corrected chi connectivity index (χ1v) is 7.08. The van der Waals surface area contributed by atoms with Crippen LogP contribution in [0.25, 0.3) is 10.2 Å². The Hall–Kier alpha value is -2.47. The molecule has 3 aromatic rings. The maximum Gasteiger partial charge on any atom is 0.257 e. The fraction of sp³-hybridized carbons (Fsp3) is 0.0667. The summed E-state index contributed by atoms with van der Waals surface area (Å²) >= 11 is 1.39. The lowest BCUT2D eigenvalue weighted by atomic mass is 10.2. The molecule has 0 saturated carbocycles. The van der Waals surface area contributed by atoms with Gasteiger partial charge in [-0.2, -0.15) is 0 Å². The van der Waals surface area contributed by atoms with E-state index in [2.05, 4.69) is 10.3 Å². The Bertz CT molecular complexity index is 844. The van der Waals surface area contributed by atoms with E-state index in [0.717, 1.165) is 15.8 Å². The van der Waals surface area contributed by atoms with Crippen LogP contribution in [-0.2, 0) is 0 Å². The maximum absolute atomic E-state index is 13.1. The molecule has 1 aromatic heterocycles. The van der Waals surface area contributed by atoms with Gasteiger partial charge in [0.05, 0.1) is 15.9 Å². The number of hydrogen-bond acceptors (Lipinski definition) is 4. The van der Waals surface area contributed by atoms with Crippen LogP contribution in [0.2, 0.25) is 0 Å². The Labute approximate surface area is 124 Å². The predicted octanol–water partition coefficient (Wildman–Crippen LogP) is 3.58. The number of fused-ring (bicyclic) bond motifs is 1. The minimum Gasteiger partial charge on any atom is -0.396 e. The van der Waals surface area contributed by atoms with Gasteiger partial charge in [0.25, 0.3) is 5.91 Å². The van der Waals surface area contributed by atoms with Crippen LogP contribution < -0.4 is 11.1 Å². The SMILES string of the molecule is Cc1ccc2nc(NC(=O)c3ccc(F)c(N)c3)sc2c1. The minimum absolute atomic E-state index is 0.0532. The first kappa shape index (κ1) is 13.5. The maximum atomic E-state index is 13.1. The third-order valence-corrected chi connectivity index (χ3v) is 3.96. The molecule has 0 radical (unpaired) electrons. The zero-order valence-electron chi connectivity index (χ0n) is 11.2. The van der Waals surface area contributed by atoms with Crippen LogP contribution in [0.4, 0.5) is 15.2 Å². The van der Waals surface area contributed by atoms with Crippen molar-refractivity contribution in [3.8, 4) is 0 Å². The second kappa shape index (κ2) is 5.14. The van der Waals surface area contributed by atoms with Gasteiger partial charge in [-0.25, -0.2) is 9.37 Å². The van der Waals surface area contributed by atoms with Crippen molar-refractivity contribution in [2.75, 3.05) is 11.1 Å². The Morgan fingerprint density at radius 1 is 1.29 bits per heavy atom. The molecule has 0 aliphatic heterocycles. The van der Waals surface area contributed by atoms with Gasteiger partial charge in [-0.15, -0.1) is 0 Å². The van der Waals surface area contributed by atoms with Crippen molar-refractivity contribution in [2.45, 2.75) is 6.92 Å². The number of thiazole rings is 1. The van der Waals surface area contributed by atoms with Gasteiger partial charge in [0, 0.05) is 5.56 Å². The first-order chi connectivity index (χ1) is 10.0. The highest BCUT2D eigenvalue weighted by Crippen LogP contribution is 2.27. The number of nitrogens with zero attached hydrogens (tertiary/aromatic N) is 1. The van der Waals surface area contributed by atoms with Crippen LogP contribution in [-0.4, -0.2) is 10.9 Å². The van der Waals surface area contributed by atoms with E-state index < -0.39 is 5.82 Å². The smallest absolute Gasteiger partial charge is 0.257 e. The molecule has 0 fully saturated rings. The van der Waals surface area contributed by atoms with E-state index in [1.807, 2.05) is 25.1 Å². The number of amides is 1. The number of hydrogen-bond donors (Lipinski definition) is 2. The molecule has 2 aromatic carbocycles. The number of nitrogens with two attached hydrogens (primary N) is 1. The Morgan fingerprint density at radius 2 is 2.10 bits per heavy atom. The number of aryl methyl sites for hydroxylation is 1.